The van der Waals surface area contributed by atoms with Crippen LogP contribution in [-0.2, 0) is 0 Å². The molecule has 4 nitrogen and oxygen atoms in total. The fourth-order valence-electron chi connectivity index (χ4n) is 2.44. The molecule has 0 saturated carbocycles. The van der Waals surface area contributed by atoms with Gasteiger partial charge in [-0.15, -0.1) is 0 Å². The highest BCUT2D eigenvalue weighted by atomic mass is 79.9. The Morgan fingerprint density at radius 1 is 1.14 bits per heavy atom. The van der Waals surface area contributed by atoms with E-state index in [9.17, 15) is 4.39 Å². The molecule has 6 heteroatoms. The van der Waals surface area contributed by atoms with Crippen LogP contribution >= 0.6 is 15.9 Å². The Morgan fingerprint density at radius 3 is 2.27 bits per heavy atom. The van der Waals surface area contributed by atoms with Crippen LogP contribution < -0.4 is 0 Å². The largest absolute Gasteiger partial charge is 0.232 e. The van der Waals surface area contributed by atoms with Gasteiger partial charge in [0.15, 0.2) is 11.4 Å². The molecule has 0 spiro atoms. The zero-order valence-electron chi connectivity index (χ0n) is 11.1. The molecule has 0 amide bonds. The number of halogens is 2. The van der Waals surface area contributed by atoms with Crippen LogP contribution in [0.25, 0.3) is 21.3 Å². The molecule has 0 radical (unpaired) electrons. The lowest BCUT2D eigenvalue weighted by Crippen LogP contribution is -1.99. The molecule has 0 N–H and O–H groups in total. The van der Waals surface area contributed by atoms with Crippen LogP contribution in [-0.4, -0.2) is 9.97 Å². The Morgan fingerprint density at radius 2 is 1.73 bits per heavy atom. The average molecular weight is 353 g/mol. The maximum Gasteiger partial charge on any atom is 0.177 e. The van der Waals surface area contributed by atoms with Gasteiger partial charge in [0, 0.05) is 21.2 Å². The summed E-state index contributed by atoms with van der Waals surface area (Å²) in [7, 11) is 0. The summed E-state index contributed by atoms with van der Waals surface area (Å²) in [6.45, 7) is 7.73. The van der Waals surface area contributed by atoms with Crippen LogP contribution in [0.3, 0.4) is 0 Å². The second-order valence-electron chi connectivity index (χ2n) is 4.60. The number of nitrogens with zero attached hydrogens (tertiary/aromatic N) is 4. The highest BCUT2D eigenvalue weighted by Crippen LogP contribution is 2.45. The van der Waals surface area contributed by atoms with E-state index in [1.807, 2.05) is 12.1 Å². The molecule has 0 unspecified atom stereocenters. The van der Waals surface area contributed by atoms with Crippen molar-refractivity contribution in [3.63, 3.8) is 0 Å². The summed E-state index contributed by atoms with van der Waals surface area (Å²) in [6.07, 6.45) is 0. The van der Waals surface area contributed by atoms with E-state index in [1.165, 1.54) is 12.1 Å². The number of hydrogen-bond acceptors (Lipinski definition) is 4. The van der Waals surface area contributed by atoms with Crippen LogP contribution in [0, 0.1) is 28.5 Å². The van der Waals surface area contributed by atoms with E-state index in [4.69, 9.17) is 10.5 Å². The van der Waals surface area contributed by atoms with Gasteiger partial charge in [0.2, 0.25) is 0 Å². The number of rotatable bonds is 1. The monoisotopic (exact) mass is 352 g/mol. The van der Waals surface area contributed by atoms with Crippen LogP contribution in [0.2, 0.25) is 0 Å². The Hall–Kier alpha value is -2.83. The lowest BCUT2D eigenvalue weighted by atomic mass is 10.00. The third-order valence-corrected chi connectivity index (χ3v) is 3.77. The number of hydrogen-bond donors (Lipinski definition) is 0. The fourth-order valence-corrected chi connectivity index (χ4v) is 2.75. The smallest absolute Gasteiger partial charge is 0.177 e. The first-order valence-corrected chi connectivity index (χ1v) is 6.87. The standard InChI is InChI=1S/C16H6BrFN4/c1-7-14-10(8(2)17)3-9(18)4-11(14)16-15(7)21-12(5-19)13(6-20)22-16/h3-4H,1-2H2. The second-order valence-corrected chi connectivity index (χ2v) is 5.56. The highest BCUT2D eigenvalue weighted by molar-refractivity contribution is 9.15. The lowest BCUT2D eigenvalue weighted by molar-refractivity contribution is 0.628. The topological polar surface area (TPSA) is 73.4 Å². The molecule has 1 heterocycles. The third kappa shape index (κ3) is 1.86. The summed E-state index contributed by atoms with van der Waals surface area (Å²) < 4.78 is 14.4. The van der Waals surface area contributed by atoms with Gasteiger partial charge in [0.05, 0.1) is 11.4 Å². The van der Waals surface area contributed by atoms with Crippen molar-refractivity contribution >= 4 is 26.0 Å². The summed E-state index contributed by atoms with van der Waals surface area (Å²) in [6, 6.07) is 6.31. The minimum Gasteiger partial charge on any atom is -0.232 e. The number of aromatic nitrogens is 2. The van der Waals surface area contributed by atoms with Gasteiger partial charge in [0.1, 0.15) is 18.0 Å². The van der Waals surface area contributed by atoms with E-state index in [0.717, 1.165) is 0 Å². The summed E-state index contributed by atoms with van der Waals surface area (Å²) >= 11 is 3.25. The van der Waals surface area contributed by atoms with E-state index in [-0.39, 0.29) is 11.4 Å². The fraction of sp³-hybridized carbons (Fsp3) is 0. The molecule has 0 saturated heterocycles. The molecule has 1 aromatic heterocycles. The molecular weight excluding hydrogens is 347 g/mol. The van der Waals surface area contributed by atoms with Crippen molar-refractivity contribution in [1.82, 2.24) is 9.97 Å². The molecule has 3 rings (SSSR count). The predicted octanol–water partition coefficient (Wildman–Crippen LogP) is 3.77. The predicted molar refractivity (Wildman–Crippen MR) is 83.0 cm³/mol. The van der Waals surface area contributed by atoms with E-state index in [2.05, 4.69) is 39.1 Å². The quantitative estimate of drug-likeness (QED) is 0.668. The van der Waals surface area contributed by atoms with Crippen molar-refractivity contribution in [3.05, 3.63) is 59.3 Å². The van der Waals surface area contributed by atoms with Gasteiger partial charge in [-0.3, -0.25) is 0 Å². The Bertz CT molecular complexity index is 964. The maximum atomic E-state index is 13.9. The van der Waals surface area contributed by atoms with Crippen LogP contribution in [0.5, 0.6) is 0 Å². The summed E-state index contributed by atoms with van der Waals surface area (Å²) in [5.41, 5.74) is 2.77. The van der Waals surface area contributed by atoms with Gasteiger partial charge >= 0.3 is 0 Å². The molecule has 1 aliphatic rings. The van der Waals surface area contributed by atoms with Gasteiger partial charge < -0.3 is 0 Å². The van der Waals surface area contributed by atoms with Crippen molar-refractivity contribution in [2.75, 3.05) is 0 Å². The van der Waals surface area contributed by atoms with E-state index in [1.54, 1.807) is 0 Å². The maximum absolute atomic E-state index is 13.9. The van der Waals surface area contributed by atoms with Crippen molar-refractivity contribution in [3.8, 4) is 23.4 Å². The van der Waals surface area contributed by atoms with Gasteiger partial charge in [-0.2, -0.15) is 10.5 Å². The third-order valence-electron chi connectivity index (χ3n) is 3.35. The molecular formula is C16H6BrFN4. The Balaban J connectivity index is 2.41. The van der Waals surface area contributed by atoms with Crippen LogP contribution in [0.1, 0.15) is 28.2 Å². The molecule has 0 fully saturated rings. The first kappa shape index (κ1) is 14.1. The first-order chi connectivity index (χ1) is 10.5. The average Bonchev–Trinajstić information content (AvgIpc) is 2.77. The van der Waals surface area contributed by atoms with E-state index < -0.39 is 5.82 Å². The van der Waals surface area contributed by atoms with Crippen molar-refractivity contribution in [2.24, 2.45) is 0 Å². The number of fused-ring (bicyclic) bond motifs is 3. The molecule has 2 aromatic rings. The Labute approximate surface area is 134 Å². The van der Waals surface area contributed by atoms with Gasteiger partial charge in [0.25, 0.3) is 0 Å². The lowest BCUT2D eigenvalue weighted by Gasteiger charge is -2.08. The Kier molecular flexibility index (Phi) is 3.13. The molecule has 0 atom stereocenters. The first-order valence-electron chi connectivity index (χ1n) is 6.08. The zero-order valence-corrected chi connectivity index (χ0v) is 12.7. The molecule has 22 heavy (non-hydrogen) atoms. The zero-order chi connectivity index (χ0) is 16.0. The highest BCUT2D eigenvalue weighted by Gasteiger charge is 2.30. The van der Waals surface area contributed by atoms with Crippen molar-refractivity contribution in [2.45, 2.75) is 0 Å². The molecule has 104 valence electrons. The summed E-state index contributed by atoms with van der Waals surface area (Å²) in [5, 5.41) is 18.1. The normalized spacial score (nSPS) is 11.4. The van der Waals surface area contributed by atoms with E-state index >= 15 is 0 Å². The minimum atomic E-state index is -0.459. The van der Waals surface area contributed by atoms with Crippen molar-refractivity contribution in [1.29, 1.82) is 10.5 Å². The summed E-state index contributed by atoms with van der Waals surface area (Å²) in [5.74, 6) is -0.459. The molecule has 0 bridgehead atoms. The minimum absolute atomic E-state index is 0.0742. The van der Waals surface area contributed by atoms with Gasteiger partial charge in [-0.1, -0.05) is 29.1 Å². The molecule has 1 aliphatic carbocycles. The van der Waals surface area contributed by atoms with Crippen LogP contribution in [0.4, 0.5) is 4.39 Å². The van der Waals surface area contributed by atoms with E-state index in [0.29, 0.717) is 38.1 Å². The second kappa shape index (κ2) is 4.87. The summed E-state index contributed by atoms with van der Waals surface area (Å²) in [4.78, 5) is 8.31. The number of benzene rings is 1. The van der Waals surface area contributed by atoms with Gasteiger partial charge in [-0.05, 0) is 17.7 Å². The number of nitriles is 2. The molecule has 1 aromatic carbocycles. The van der Waals surface area contributed by atoms with Gasteiger partial charge in [-0.25, -0.2) is 14.4 Å². The van der Waals surface area contributed by atoms with Crippen LogP contribution in [0.15, 0.2) is 25.3 Å². The molecule has 0 aliphatic heterocycles. The SMILES string of the molecule is C=C(Br)c1cc(F)cc2c1C(=C)c1nc(C#N)c(C#N)nc1-2. The van der Waals surface area contributed by atoms with Crippen molar-refractivity contribution < 1.29 is 4.39 Å².